The molecule has 1 fully saturated rings. The minimum Gasteiger partial charge on any atom is -0.493 e. The highest BCUT2D eigenvalue weighted by atomic mass is 32.2. The lowest BCUT2D eigenvalue weighted by Crippen LogP contribution is -2.36. The quantitative estimate of drug-likeness (QED) is 0.424. The Morgan fingerprint density at radius 1 is 1.00 bits per heavy atom. The first kappa shape index (κ1) is 26.2. The number of hydrogen-bond donors (Lipinski definition) is 1. The number of rotatable bonds is 8. The second kappa shape index (κ2) is 10.6. The Labute approximate surface area is 211 Å². The second-order valence-corrected chi connectivity index (χ2v) is 11.1. The van der Waals surface area contributed by atoms with E-state index in [0.717, 1.165) is 31.4 Å². The van der Waals surface area contributed by atoms with Gasteiger partial charge < -0.3 is 14.8 Å². The monoisotopic (exact) mass is 542 g/mol. The number of halogens is 3. The van der Waals surface area contributed by atoms with E-state index in [1.807, 2.05) is 0 Å². The van der Waals surface area contributed by atoms with Gasteiger partial charge in [0.15, 0.2) is 11.5 Å². The molecule has 36 heavy (non-hydrogen) atoms. The summed E-state index contributed by atoms with van der Waals surface area (Å²) in [6.07, 6.45) is -1.66. The van der Waals surface area contributed by atoms with E-state index in [4.69, 9.17) is 9.47 Å². The summed E-state index contributed by atoms with van der Waals surface area (Å²) < 4.78 is 77.6. The van der Waals surface area contributed by atoms with Crippen molar-refractivity contribution in [2.24, 2.45) is 0 Å². The zero-order chi connectivity index (χ0) is 25.9. The predicted octanol–water partition coefficient (Wildman–Crippen LogP) is 5.08. The number of alkyl halides is 3. The summed E-state index contributed by atoms with van der Waals surface area (Å²) >= 11 is 1.17. The van der Waals surface area contributed by atoms with Crippen LogP contribution >= 0.6 is 11.3 Å². The molecule has 1 aromatic heterocycles. The van der Waals surface area contributed by atoms with Crippen molar-refractivity contribution in [1.29, 1.82) is 0 Å². The third-order valence-corrected chi connectivity index (χ3v) is 8.59. The van der Waals surface area contributed by atoms with Gasteiger partial charge in [-0.05, 0) is 48.7 Å². The third-order valence-electron chi connectivity index (χ3n) is 5.77. The fourth-order valence-electron chi connectivity index (χ4n) is 3.93. The molecule has 1 N–H and O–H groups in total. The molecule has 0 spiro atoms. The first-order valence-corrected chi connectivity index (χ1v) is 13.4. The molecule has 2 heterocycles. The topological polar surface area (TPSA) is 93.7 Å². The van der Waals surface area contributed by atoms with Crippen molar-refractivity contribution in [3.8, 4) is 11.5 Å². The first-order chi connectivity index (χ1) is 17.1. The molecule has 0 radical (unpaired) electrons. The molecule has 0 bridgehead atoms. The lowest BCUT2D eigenvalue weighted by atomic mass is 10.1. The zero-order valence-corrected chi connectivity index (χ0v) is 21.3. The van der Waals surface area contributed by atoms with Gasteiger partial charge in [0, 0.05) is 31.3 Å². The van der Waals surface area contributed by atoms with Gasteiger partial charge in [0.2, 0.25) is 15.2 Å². The first-order valence-electron chi connectivity index (χ1n) is 11.1. The maximum Gasteiger partial charge on any atom is 0.416 e. The Morgan fingerprint density at radius 2 is 1.64 bits per heavy atom. The number of anilines is 2. The summed E-state index contributed by atoms with van der Waals surface area (Å²) in [6, 6.07) is 7.67. The van der Waals surface area contributed by atoms with Gasteiger partial charge in [-0.15, -0.1) is 10.2 Å². The standard InChI is InChI=1S/C23H25F3N4O4S2/c1-33-18-12-15(20(14-19(18)34-2)36(31,32)30-10-4-3-5-11-30)13-21-28-29-22(35-21)27-17-8-6-16(7-9-17)23(24,25)26/h6-9,12,14H,3-5,10-11,13H2,1-2H3,(H,27,29). The SMILES string of the molecule is COc1cc(Cc2nnc(Nc3ccc(C(F)(F)F)cc3)s2)c(S(=O)(=O)N2CCCCC2)cc1OC. The van der Waals surface area contributed by atoms with Gasteiger partial charge in [0.1, 0.15) is 5.01 Å². The normalized spacial score (nSPS) is 15.0. The lowest BCUT2D eigenvalue weighted by Gasteiger charge is -2.27. The predicted molar refractivity (Wildman–Crippen MR) is 130 cm³/mol. The molecule has 0 amide bonds. The molecule has 0 aliphatic carbocycles. The lowest BCUT2D eigenvalue weighted by molar-refractivity contribution is -0.137. The molecule has 0 atom stereocenters. The minimum absolute atomic E-state index is 0.120. The molecule has 1 aliphatic rings. The number of ether oxygens (including phenoxy) is 2. The number of piperidine rings is 1. The average molecular weight is 543 g/mol. The van der Waals surface area contributed by atoms with Crippen molar-refractivity contribution >= 4 is 32.2 Å². The number of methoxy groups -OCH3 is 2. The van der Waals surface area contributed by atoms with E-state index in [1.54, 1.807) is 6.07 Å². The van der Waals surface area contributed by atoms with Gasteiger partial charge in [-0.2, -0.15) is 17.5 Å². The van der Waals surface area contributed by atoms with Crippen molar-refractivity contribution in [1.82, 2.24) is 14.5 Å². The summed E-state index contributed by atoms with van der Waals surface area (Å²) in [5, 5.41) is 12.0. The van der Waals surface area contributed by atoms with Crippen LogP contribution in [-0.4, -0.2) is 50.2 Å². The molecule has 0 saturated carbocycles. The number of hydrogen-bond acceptors (Lipinski definition) is 8. The molecule has 1 aliphatic heterocycles. The van der Waals surface area contributed by atoms with Crippen molar-refractivity contribution in [2.75, 3.05) is 32.6 Å². The summed E-state index contributed by atoms with van der Waals surface area (Å²) in [5.74, 6) is 0.691. The van der Waals surface area contributed by atoms with Crippen LogP contribution in [0.15, 0.2) is 41.3 Å². The van der Waals surface area contributed by atoms with Crippen LogP contribution in [-0.2, 0) is 22.6 Å². The van der Waals surface area contributed by atoms with Crippen LogP contribution in [0.4, 0.5) is 24.0 Å². The van der Waals surface area contributed by atoms with E-state index in [0.29, 0.717) is 46.0 Å². The average Bonchev–Trinajstić information content (AvgIpc) is 3.30. The maximum atomic E-state index is 13.5. The highest BCUT2D eigenvalue weighted by Gasteiger charge is 2.31. The van der Waals surface area contributed by atoms with Crippen molar-refractivity contribution in [3.05, 3.63) is 52.5 Å². The molecule has 3 aromatic rings. The Balaban J connectivity index is 1.60. The molecule has 194 valence electrons. The van der Waals surface area contributed by atoms with E-state index < -0.39 is 21.8 Å². The van der Waals surface area contributed by atoms with Gasteiger partial charge >= 0.3 is 6.18 Å². The largest absolute Gasteiger partial charge is 0.493 e. The highest BCUT2D eigenvalue weighted by molar-refractivity contribution is 7.89. The van der Waals surface area contributed by atoms with E-state index in [-0.39, 0.29) is 11.3 Å². The summed E-state index contributed by atoms with van der Waals surface area (Å²) in [6.45, 7) is 0.909. The van der Waals surface area contributed by atoms with Gasteiger partial charge in [-0.3, -0.25) is 0 Å². The van der Waals surface area contributed by atoms with Crippen LogP contribution < -0.4 is 14.8 Å². The van der Waals surface area contributed by atoms with Crippen LogP contribution in [0.1, 0.15) is 35.4 Å². The molecule has 4 rings (SSSR count). The van der Waals surface area contributed by atoms with Gasteiger partial charge in [0.25, 0.3) is 0 Å². The van der Waals surface area contributed by atoms with E-state index >= 15 is 0 Å². The summed E-state index contributed by atoms with van der Waals surface area (Å²) in [5.41, 5.74) is 0.155. The van der Waals surface area contributed by atoms with Crippen molar-refractivity contribution in [2.45, 2.75) is 36.8 Å². The van der Waals surface area contributed by atoms with Gasteiger partial charge in [0.05, 0.1) is 24.7 Å². The molecular formula is C23H25F3N4O4S2. The number of aromatic nitrogens is 2. The summed E-state index contributed by atoms with van der Waals surface area (Å²) in [4.78, 5) is 0.120. The van der Waals surface area contributed by atoms with Crippen LogP contribution in [0.2, 0.25) is 0 Å². The smallest absolute Gasteiger partial charge is 0.416 e. The zero-order valence-electron chi connectivity index (χ0n) is 19.6. The van der Waals surface area contributed by atoms with Crippen LogP contribution in [0.5, 0.6) is 11.5 Å². The molecule has 1 saturated heterocycles. The third kappa shape index (κ3) is 5.73. The number of benzene rings is 2. The van der Waals surface area contributed by atoms with Crippen LogP contribution in [0, 0.1) is 0 Å². The number of nitrogens with one attached hydrogen (secondary N) is 1. The second-order valence-electron chi connectivity index (χ2n) is 8.16. The van der Waals surface area contributed by atoms with Gasteiger partial charge in [-0.25, -0.2) is 8.42 Å². The fraction of sp³-hybridized carbons (Fsp3) is 0.391. The van der Waals surface area contributed by atoms with E-state index in [9.17, 15) is 21.6 Å². The Hall–Kier alpha value is -2.90. The van der Waals surface area contributed by atoms with Crippen molar-refractivity contribution < 1.29 is 31.1 Å². The molecule has 8 nitrogen and oxygen atoms in total. The van der Waals surface area contributed by atoms with Crippen LogP contribution in [0.3, 0.4) is 0 Å². The Bertz CT molecular complexity index is 1310. The molecule has 13 heteroatoms. The summed E-state index contributed by atoms with van der Waals surface area (Å²) in [7, 11) is -0.869. The maximum absolute atomic E-state index is 13.5. The molecular weight excluding hydrogens is 517 g/mol. The number of nitrogens with zero attached hydrogens (tertiary/aromatic N) is 3. The Morgan fingerprint density at radius 3 is 2.25 bits per heavy atom. The number of sulfonamides is 1. The Kier molecular flexibility index (Phi) is 7.71. The van der Waals surface area contributed by atoms with Gasteiger partial charge in [-0.1, -0.05) is 17.8 Å². The molecule has 2 aromatic carbocycles. The van der Waals surface area contributed by atoms with Crippen LogP contribution in [0.25, 0.3) is 0 Å². The van der Waals surface area contributed by atoms with E-state index in [1.165, 1.54) is 48.1 Å². The fourth-order valence-corrected chi connectivity index (χ4v) is 6.45. The minimum atomic E-state index is -4.42. The van der Waals surface area contributed by atoms with E-state index in [2.05, 4.69) is 15.5 Å². The highest BCUT2D eigenvalue weighted by Crippen LogP contribution is 2.36. The van der Waals surface area contributed by atoms with Crippen molar-refractivity contribution in [3.63, 3.8) is 0 Å². The molecule has 0 unspecified atom stereocenters.